The molecule has 0 bridgehead atoms. The van der Waals surface area contributed by atoms with E-state index in [0.717, 1.165) is 11.2 Å². The van der Waals surface area contributed by atoms with Crippen molar-refractivity contribution in [2.75, 3.05) is 7.05 Å². The fourth-order valence-electron chi connectivity index (χ4n) is 3.15. The van der Waals surface area contributed by atoms with Crippen LogP contribution in [0.3, 0.4) is 0 Å². The molecule has 1 aromatic carbocycles. The molecule has 0 saturated heterocycles. The van der Waals surface area contributed by atoms with Gasteiger partial charge in [-0.05, 0) is 55.8 Å². The molecule has 2 heteroatoms. The van der Waals surface area contributed by atoms with Gasteiger partial charge < -0.3 is 5.32 Å². The van der Waals surface area contributed by atoms with E-state index in [1.54, 1.807) is 0 Å². The summed E-state index contributed by atoms with van der Waals surface area (Å²) in [6, 6.07) is 9.88. The lowest BCUT2D eigenvalue weighted by Crippen LogP contribution is -2.40. The Morgan fingerprint density at radius 3 is 2.45 bits per heavy atom. The van der Waals surface area contributed by atoms with Gasteiger partial charge in [0.25, 0.3) is 0 Å². The number of hydrogen-bond acceptors (Lipinski definition) is 2. The standard InChI is InChI=1S/C18H29NS/c1-5-14-6-11-17(19-4)18(12-14)20-16-9-7-15(8-10-16)13(2)3/h7-10,13-14,17-19H,5-6,11-12H2,1-4H3. The van der Waals surface area contributed by atoms with E-state index in [1.807, 2.05) is 0 Å². The van der Waals surface area contributed by atoms with Crippen molar-refractivity contribution in [2.24, 2.45) is 5.92 Å². The van der Waals surface area contributed by atoms with Crippen molar-refractivity contribution < 1.29 is 0 Å². The summed E-state index contributed by atoms with van der Waals surface area (Å²) < 4.78 is 0. The topological polar surface area (TPSA) is 12.0 Å². The third kappa shape index (κ3) is 4.02. The summed E-state index contributed by atoms with van der Waals surface area (Å²) in [5, 5.41) is 4.25. The lowest BCUT2D eigenvalue weighted by Gasteiger charge is -2.35. The largest absolute Gasteiger partial charge is 0.316 e. The van der Waals surface area contributed by atoms with Crippen LogP contribution in [0.2, 0.25) is 0 Å². The molecule has 1 saturated carbocycles. The third-order valence-corrected chi connectivity index (χ3v) is 6.05. The van der Waals surface area contributed by atoms with Crippen molar-refractivity contribution in [2.45, 2.75) is 68.6 Å². The Hall–Kier alpha value is -0.470. The van der Waals surface area contributed by atoms with E-state index < -0.39 is 0 Å². The van der Waals surface area contributed by atoms with Crippen LogP contribution in [0, 0.1) is 5.92 Å². The van der Waals surface area contributed by atoms with Crippen LogP contribution in [-0.2, 0) is 0 Å². The highest BCUT2D eigenvalue weighted by Crippen LogP contribution is 2.37. The second kappa shape index (κ2) is 7.51. The minimum Gasteiger partial charge on any atom is -0.316 e. The molecule has 3 unspecified atom stereocenters. The Morgan fingerprint density at radius 2 is 1.90 bits per heavy atom. The van der Waals surface area contributed by atoms with E-state index in [0.29, 0.717) is 12.0 Å². The first-order chi connectivity index (χ1) is 9.63. The molecule has 0 spiro atoms. The van der Waals surface area contributed by atoms with Crippen LogP contribution in [0.25, 0.3) is 0 Å². The molecule has 0 amide bonds. The van der Waals surface area contributed by atoms with Gasteiger partial charge in [0.05, 0.1) is 0 Å². The maximum atomic E-state index is 3.53. The lowest BCUT2D eigenvalue weighted by molar-refractivity contribution is 0.304. The molecule has 1 fully saturated rings. The number of thioether (sulfide) groups is 1. The van der Waals surface area contributed by atoms with Gasteiger partial charge >= 0.3 is 0 Å². The average Bonchev–Trinajstić information content (AvgIpc) is 2.47. The van der Waals surface area contributed by atoms with Gasteiger partial charge in [-0.15, -0.1) is 11.8 Å². The van der Waals surface area contributed by atoms with Crippen molar-refractivity contribution in [3.63, 3.8) is 0 Å². The molecular formula is C18H29NS. The van der Waals surface area contributed by atoms with Crippen LogP contribution in [0.15, 0.2) is 29.2 Å². The zero-order valence-electron chi connectivity index (χ0n) is 13.4. The second-order valence-electron chi connectivity index (χ2n) is 6.36. The van der Waals surface area contributed by atoms with Crippen LogP contribution in [0.5, 0.6) is 0 Å². The highest BCUT2D eigenvalue weighted by atomic mass is 32.2. The van der Waals surface area contributed by atoms with Crippen molar-refractivity contribution in [3.8, 4) is 0 Å². The molecule has 1 aliphatic carbocycles. The van der Waals surface area contributed by atoms with Crippen molar-refractivity contribution in [1.29, 1.82) is 0 Å². The molecule has 0 radical (unpaired) electrons. The van der Waals surface area contributed by atoms with Gasteiger partial charge in [0.15, 0.2) is 0 Å². The predicted octanol–water partition coefficient (Wildman–Crippen LogP) is 5.07. The lowest BCUT2D eigenvalue weighted by atomic mass is 9.84. The van der Waals surface area contributed by atoms with E-state index in [1.165, 1.54) is 36.1 Å². The van der Waals surface area contributed by atoms with Gasteiger partial charge in [-0.2, -0.15) is 0 Å². The summed E-state index contributed by atoms with van der Waals surface area (Å²) in [5.74, 6) is 1.55. The Bertz CT molecular complexity index is 398. The summed E-state index contributed by atoms with van der Waals surface area (Å²) in [4.78, 5) is 1.43. The van der Waals surface area contributed by atoms with Crippen LogP contribution in [-0.4, -0.2) is 18.3 Å². The zero-order chi connectivity index (χ0) is 14.5. The zero-order valence-corrected chi connectivity index (χ0v) is 14.2. The molecule has 1 nitrogen and oxygen atoms in total. The van der Waals surface area contributed by atoms with Gasteiger partial charge in [0.2, 0.25) is 0 Å². The average molecular weight is 292 g/mol. The molecule has 2 rings (SSSR count). The Kier molecular flexibility index (Phi) is 5.98. The Morgan fingerprint density at radius 1 is 1.20 bits per heavy atom. The fraction of sp³-hybridized carbons (Fsp3) is 0.667. The minimum atomic E-state index is 0.623. The van der Waals surface area contributed by atoms with Crippen LogP contribution < -0.4 is 5.32 Å². The molecule has 3 atom stereocenters. The monoisotopic (exact) mass is 291 g/mol. The van der Waals surface area contributed by atoms with Gasteiger partial charge in [-0.3, -0.25) is 0 Å². The fourth-order valence-corrected chi connectivity index (χ4v) is 4.60. The van der Waals surface area contributed by atoms with Gasteiger partial charge in [0, 0.05) is 16.2 Å². The molecule has 1 aliphatic rings. The molecule has 20 heavy (non-hydrogen) atoms. The van der Waals surface area contributed by atoms with E-state index in [9.17, 15) is 0 Å². The maximum absolute atomic E-state index is 3.53. The number of nitrogens with one attached hydrogen (secondary N) is 1. The molecule has 1 N–H and O–H groups in total. The van der Waals surface area contributed by atoms with E-state index in [-0.39, 0.29) is 0 Å². The first-order valence-corrected chi connectivity index (χ1v) is 8.95. The van der Waals surface area contributed by atoms with Gasteiger partial charge in [0.1, 0.15) is 0 Å². The first kappa shape index (κ1) is 15.9. The summed E-state index contributed by atoms with van der Waals surface area (Å²) in [5.41, 5.74) is 1.44. The van der Waals surface area contributed by atoms with Crippen LogP contribution in [0.4, 0.5) is 0 Å². The number of hydrogen-bond donors (Lipinski definition) is 1. The molecule has 0 aliphatic heterocycles. The van der Waals surface area contributed by atoms with Crippen molar-refractivity contribution in [3.05, 3.63) is 29.8 Å². The Balaban J connectivity index is 2.02. The van der Waals surface area contributed by atoms with Crippen LogP contribution >= 0.6 is 11.8 Å². The highest BCUT2D eigenvalue weighted by molar-refractivity contribution is 8.00. The van der Waals surface area contributed by atoms with E-state index in [4.69, 9.17) is 0 Å². The van der Waals surface area contributed by atoms with Crippen molar-refractivity contribution >= 4 is 11.8 Å². The third-order valence-electron chi connectivity index (χ3n) is 4.68. The maximum Gasteiger partial charge on any atom is 0.0250 e. The normalized spacial score (nSPS) is 26.9. The minimum absolute atomic E-state index is 0.623. The van der Waals surface area contributed by atoms with E-state index in [2.05, 4.69) is 69.2 Å². The smallest absolute Gasteiger partial charge is 0.0250 e. The number of rotatable bonds is 5. The number of benzene rings is 1. The molecule has 1 aromatic rings. The SMILES string of the molecule is CCC1CCC(NC)C(Sc2ccc(C(C)C)cc2)C1. The van der Waals surface area contributed by atoms with E-state index >= 15 is 0 Å². The van der Waals surface area contributed by atoms with Crippen molar-refractivity contribution in [1.82, 2.24) is 5.32 Å². The summed E-state index contributed by atoms with van der Waals surface area (Å²) in [6.07, 6.45) is 5.42. The predicted molar refractivity (Wildman–Crippen MR) is 90.7 cm³/mol. The Labute approximate surface area is 128 Å². The summed E-state index contributed by atoms with van der Waals surface area (Å²) in [7, 11) is 2.12. The summed E-state index contributed by atoms with van der Waals surface area (Å²) >= 11 is 2.07. The highest BCUT2D eigenvalue weighted by Gasteiger charge is 2.29. The second-order valence-corrected chi connectivity index (χ2v) is 7.68. The first-order valence-electron chi connectivity index (χ1n) is 8.07. The summed E-state index contributed by atoms with van der Waals surface area (Å²) in [6.45, 7) is 6.85. The molecular weight excluding hydrogens is 262 g/mol. The van der Waals surface area contributed by atoms with Crippen LogP contribution in [0.1, 0.15) is 57.9 Å². The van der Waals surface area contributed by atoms with Gasteiger partial charge in [-0.1, -0.05) is 39.3 Å². The quantitative estimate of drug-likeness (QED) is 0.813. The molecule has 0 aromatic heterocycles. The van der Waals surface area contributed by atoms with Gasteiger partial charge in [-0.25, -0.2) is 0 Å². The molecule has 0 heterocycles. The molecule has 112 valence electrons.